The number of hydrogen-bond donors (Lipinski definition) is 2. The average molecular weight is 471 g/mol. The lowest BCUT2D eigenvalue weighted by Crippen LogP contribution is -2.27. The minimum atomic E-state index is -3.90. The van der Waals surface area contributed by atoms with E-state index in [9.17, 15) is 17.6 Å². The van der Waals surface area contributed by atoms with Gasteiger partial charge in [-0.15, -0.1) is 0 Å². The molecule has 6 nitrogen and oxygen atoms in total. The van der Waals surface area contributed by atoms with E-state index in [-0.39, 0.29) is 22.0 Å². The topological polar surface area (TPSA) is 84.5 Å². The summed E-state index contributed by atoms with van der Waals surface area (Å²) in [6, 6.07) is 18.6. The molecule has 0 fully saturated rings. The van der Waals surface area contributed by atoms with Crippen LogP contribution in [0.4, 0.5) is 10.1 Å². The van der Waals surface area contributed by atoms with Gasteiger partial charge in [-0.3, -0.25) is 9.52 Å². The zero-order valence-corrected chi connectivity index (χ0v) is 19.2. The van der Waals surface area contributed by atoms with E-state index < -0.39 is 15.9 Å². The van der Waals surface area contributed by atoms with Gasteiger partial charge in [-0.05, 0) is 66.9 Å². The first kappa shape index (κ1) is 24.3. The van der Waals surface area contributed by atoms with Crippen molar-refractivity contribution < 1.29 is 22.3 Å². The summed E-state index contributed by atoms with van der Waals surface area (Å²) >= 11 is 0. The third-order valence-electron chi connectivity index (χ3n) is 4.93. The number of carbonyl (C=O) groups is 1. The van der Waals surface area contributed by atoms with Crippen molar-refractivity contribution in [2.45, 2.75) is 31.1 Å². The van der Waals surface area contributed by atoms with E-state index in [4.69, 9.17) is 4.74 Å². The molecule has 0 atom stereocenters. The minimum Gasteiger partial charge on any atom is -0.494 e. The Morgan fingerprint density at radius 3 is 2.36 bits per heavy atom. The molecule has 0 bridgehead atoms. The Bertz CT molecular complexity index is 1160. The number of amides is 1. The zero-order valence-electron chi connectivity index (χ0n) is 18.4. The molecule has 0 radical (unpaired) electrons. The van der Waals surface area contributed by atoms with E-state index in [1.807, 2.05) is 0 Å². The molecular formula is C25H27FN2O4S. The fourth-order valence-electron chi connectivity index (χ4n) is 3.09. The first-order chi connectivity index (χ1) is 15.9. The quantitative estimate of drug-likeness (QED) is 0.395. The molecule has 3 rings (SSSR count). The number of nitrogens with one attached hydrogen (secondary N) is 2. The summed E-state index contributed by atoms with van der Waals surface area (Å²) in [4.78, 5) is 12.7. The Morgan fingerprint density at radius 2 is 1.67 bits per heavy atom. The van der Waals surface area contributed by atoms with Crippen LogP contribution < -0.4 is 14.8 Å². The molecule has 0 saturated heterocycles. The highest BCUT2D eigenvalue weighted by Gasteiger charge is 2.18. The second-order valence-corrected chi connectivity index (χ2v) is 9.14. The van der Waals surface area contributed by atoms with Crippen LogP contribution in [0.3, 0.4) is 0 Å². The molecule has 0 aromatic heterocycles. The van der Waals surface area contributed by atoms with Crippen molar-refractivity contribution in [3.05, 3.63) is 89.7 Å². The highest BCUT2D eigenvalue weighted by atomic mass is 32.2. The maximum absolute atomic E-state index is 13.0. The van der Waals surface area contributed by atoms with Crippen molar-refractivity contribution in [1.29, 1.82) is 0 Å². The third kappa shape index (κ3) is 7.05. The summed E-state index contributed by atoms with van der Waals surface area (Å²) in [7, 11) is -3.90. The number of hydrogen-bond acceptors (Lipinski definition) is 4. The van der Waals surface area contributed by atoms with Crippen LogP contribution in [0.2, 0.25) is 0 Å². The molecule has 174 valence electrons. The van der Waals surface area contributed by atoms with Gasteiger partial charge in [0, 0.05) is 6.54 Å². The molecule has 3 aromatic rings. The van der Waals surface area contributed by atoms with Gasteiger partial charge in [-0.2, -0.15) is 0 Å². The normalized spacial score (nSPS) is 11.1. The number of para-hydroxylation sites is 1. The lowest BCUT2D eigenvalue weighted by molar-refractivity contribution is 0.0955. The van der Waals surface area contributed by atoms with Crippen molar-refractivity contribution in [1.82, 2.24) is 5.32 Å². The van der Waals surface area contributed by atoms with E-state index in [2.05, 4.69) is 17.0 Å². The van der Waals surface area contributed by atoms with Gasteiger partial charge in [0.1, 0.15) is 11.6 Å². The Hall–Kier alpha value is -3.39. The van der Waals surface area contributed by atoms with Crippen molar-refractivity contribution in [3.8, 4) is 5.75 Å². The number of rotatable bonds is 11. The van der Waals surface area contributed by atoms with E-state index in [0.717, 1.165) is 18.4 Å². The van der Waals surface area contributed by atoms with Crippen LogP contribution in [0.15, 0.2) is 77.7 Å². The molecule has 1 amide bonds. The average Bonchev–Trinajstić information content (AvgIpc) is 2.81. The first-order valence-corrected chi connectivity index (χ1v) is 12.2. The molecule has 8 heteroatoms. The molecular weight excluding hydrogens is 443 g/mol. The Kier molecular flexibility index (Phi) is 8.43. The second kappa shape index (κ2) is 11.5. The number of ether oxygens (including phenoxy) is 1. The molecule has 0 unspecified atom stereocenters. The number of benzene rings is 3. The highest BCUT2D eigenvalue weighted by Crippen LogP contribution is 2.22. The molecule has 33 heavy (non-hydrogen) atoms. The number of carbonyl (C=O) groups excluding carboxylic acids is 1. The molecule has 0 heterocycles. The van der Waals surface area contributed by atoms with Gasteiger partial charge in [0.2, 0.25) is 0 Å². The van der Waals surface area contributed by atoms with Gasteiger partial charge in [0.15, 0.2) is 0 Å². The van der Waals surface area contributed by atoms with Gasteiger partial charge >= 0.3 is 0 Å². The van der Waals surface area contributed by atoms with E-state index in [1.54, 1.807) is 42.5 Å². The number of halogens is 1. The molecule has 0 aliphatic rings. The van der Waals surface area contributed by atoms with Gasteiger partial charge in [0.25, 0.3) is 15.9 Å². The SMILES string of the molecule is CCCCOc1ccc(S(=O)(=O)Nc2ccccc2C(=O)NCCc2ccc(F)cc2)cc1. The summed E-state index contributed by atoms with van der Waals surface area (Å²) in [6.45, 7) is 2.96. The summed E-state index contributed by atoms with van der Waals surface area (Å²) in [5, 5.41) is 2.78. The van der Waals surface area contributed by atoms with Crippen molar-refractivity contribution in [2.75, 3.05) is 17.9 Å². The van der Waals surface area contributed by atoms with Crippen LogP contribution in [-0.4, -0.2) is 27.5 Å². The first-order valence-electron chi connectivity index (χ1n) is 10.8. The van der Waals surface area contributed by atoms with Gasteiger partial charge in [-0.1, -0.05) is 37.6 Å². The summed E-state index contributed by atoms with van der Waals surface area (Å²) in [6.07, 6.45) is 2.45. The Labute approximate surface area is 193 Å². The Morgan fingerprint density at radius 1 is 0.970 bits per heavy atom. The van der Waals surface area contributed by atoms with Gasteiger partial charge in [-0.25, -0.2) is 12.8 Å². The summed E-state index contributed by atoms with van der Waals surface area (Å²) in [5.74, 6) is -0.124. The van der Waals surface area contributed by atoms with E-state index in [1.165, 1.54) is 30.3 Å². The van der Waals surface area contributed by atoms with Crippen LogP contribution >= 0.6 is 0 Å². The van der Waals surface area contributed by atoms with E-state index in [0.29, 0.717) is 25.3 Å². The van der Waals surface area contributed by atoms with Crippen molar-refractivity contribution >= 4 is 21.6 Å². The molecule has 2 N–H and O–H groups in total. The third-order valence-corrected chi connectivity index (χ3v) is 6.31. The smallest absolute Gasteiger partial charge is 0.261 e. The second-order valence-electron chi connectivity index (χ2n) is 7.46. The fraction of sp³-hybridized carbons (Fsp3) is 0.240. The highest BCUT2D eigenvalue weighted by molar-refractivity contribution is 7.92. The minimum absolute atomic E-state index is 0.0665. The lowest BCUT2D eigenvalue weighted by atomic mass is 10.1. The standard InChI is InChI=1S/C25H27FN2O4S/c1-2-3-18-32-21-12-14-22(15-13-21)33(30,31)28-24-7-5-4-6-23(24)25(29)27-17-16-19-8-10-20(26)11-9-19/h4-15,28H,2-3,16-18H2,1H3,(H,27,29). The monoisotopic (exact) mass is 470 g/mol. The molecule has 0 aliphatic heterocycles. The van der Waals surface area contributed by atoms with Crippen LogP contribution in [0.1, 0.15) is 35.7 Å². The van der Waals surface area contributed by atoms with Crippen molar-refractivity contribution in [2.24, 2.45) is 0 Å². The molecule has 0 spiro atoms. The number of unbranched alkanes of at least 4 members (excludes halogenated alkanes) is 1. The summed E-state index contributed by atoms with van der Waals surface area (Å²) in [5.41, 5.74) is 1.27. The van der Waals surface area contributed by atoms with Gasteiger partial charge < -0.3 is 10.1 Å². The van der Waals surface area contributed by atoms with E-state index >= 15 is 0 Å². The van der Waals surface area contributed by atoms with Crippen molar-refractivity contribution in [3.63, 3.8) is 0 Å². The Balaban J connectivity index is 1.65. The maximum Gasteiger partial charge on any atom is 0.261 e. The fourth-order valence-corrected chi connectivity index (χ4v) is 4.17. The van der Waals surface area contributed by atoms with Gasteiger partial charge in [0.05, 0.1) is 22.8 Å². The maximum atomic E-state index is 13.0. The van der Waals surface area contributed by atoms with Crippen LogP contribution in [-0.2, 0) is 16.4 Å². The van der Waals surface area contributed by atoms with Crippen LogP contribution in [0.25, 0.3) is 0 Å². The molecule has 0 aliphatic carbocycles. The molecule has 0 saturated carbocycles. The number of anilines is 1. The zero-order chi connectivity index (χ0) is 23.7. The predicted octanol–water partition coefficient (Wildman–Crippen LogP) is 4.78. The summed E-state index contributed by atoms with van der Waals surface area (Å²) < 4.78 is 46.8. The van der Waals surface area contributed by atoms with Crippen LogP contribution in [0.5, 0.6) is 5.75 Å². The van der Waals surface area contributed by atoms with Crippen LogP contribution in [0, 0.1) is 5.82 Å². The lowest BCUT2D eigenvalue weighted by Gasteiger charge is -2.13. The number of sulfonamides is 1. The predicted molar refractivity (Wildman–Crippen MR) is 127 cm³/mol. The largest absolute Gasteiger partial charge is 0.494 e. The molecule has 3 aromatic carbocycles.